The van der Waals surface area contributed by atoms with Gasteiger partial charge in [0.1, 0.15) is 16.5 Å². The molecule has 4 rings (SSSR count). The number of hydrogen-bond donors (Lipinski definition) is 1. The van der Waals surface area contributed by atoms with Gasteiger partial charge in [-0.3, -0.25) is 0 Å². The normalized spacial score (nSPS) is 13.1. The molecule has 1 aliphatic carbocycles. The van der Waals surface area contributed by atoms with E-state index in [4.69, 9.17) is 5.26 Å². The minimum Gasteiger partial charge on any atom is -0.340 e. The van der Waals surface area contributed by atoms with Gasteiger partial charge in [-0.25, -0.2) is 9.97 Å². The average Bonchev–Trinajstić information content (AvgIpc) is 3.08. The molecule has 4 nitrogen and oxygen atoms in total. The topological polar surface area (TPSA) is 61.6 Å². The van der Waals surface area contributed by atoms with Gasteiger partial charge in [0.15, 0.2) is 0 Å². The lowest BCUT2D eigenvalue weighted by Gasteiger charge is -2.09. The summed E-state index contributed by atoms with van der Waals surface area (Å²) in [4.78, 5) is 11.7. The van der Waals surface area contributed by atoms with Gasteiger partial charge < -0.3 is 5.32 Å². The minimum absolute atomic E-state index is 0.658. The van der Waals surface area contributed by atoms with Crippen molar-refractivity contribution in [3.63, 3.8) is 0 Å². The first-order valence-electron chi connectivity index (χ1n) is 7.30. The summed E-state index contributed by atoms with van der Waals surface area (Å²) in [5.41, 5.74) is 3.01. The van der Waals surface area contributed by atoms with Crippen molar-refractivity contribution in [1.82, 2.24) is 9.97 Å². The predicted octanol–water partition coefficient (Wildman–Crippen LogP) is 4.10. The number of benzene rings is 1. The molecule has 108 valence electrons. The van der Waals surface area contributed by atoms with Crippen LogP contribution in [-0.4, -0.2) is 9.97 Å². The Balaban J connectivity index is 1.81. The van der Waals surface area contributed by atoms with E-state index in [9.17, 15) is 0 Å². The molecule has 0 atom stereocenters. The van der Waals surface area contributed by atoms with E-state index in [0.29, 0.717) is 5.56 Å². The summed E-state index contributed by atoms with van der Waals surface area (Å²) in [7, 11) is 0. The van der Waals surface area contributed by atoms with Crippen molar-refractivity contribution in [3.8, 4) is 6.07 Å². The van der Waals surface area contributed by atoms with E-state index in [0.717, 1.165) is 35.0 Å². The number of nitrogens with zero attached hydrogens (tertiary/aromatic N) is 3. The minimum atomic E-state index is 0.658. The Kier molecular flexibility index (Phi) is 3.05. The van der Waals surface area contributed by atoms with Crippen molar-refractivity contribution in [2.75, 3.05) is 5.32 Å². The summed E-state index contributed by atoms with van der Waals surface area (Å²) in [5.74, 6) is 1.66. The summed E-state index contributed by atoms with van der Waals surface area (Å²) in [6, 6.07) is 9.58. The highest BCUT2D eigenvalue weighted by Gasteiger charge is 2.21. The molecule has 0 bridgehead atoms. The van der Waals surface area contributed by atoms with Crippen molar-refractivity contribution in [1.29, 1.82) is 5.26 Å². The molecule has 0 aliphatic heterocycles. The number of fused-ring (bicyclic) bond motifs is 3. The lowest BCUT2D eigenvalue weighted by atomic mass is 10.1. The number of aromatic nitrogens is 2. The van der Waals surface area contributed by atoms with E-state index in [1.807, 2.05) is 31.2 Å². The molecule has 0 saturated carbocycles. The lowest BCUT2D eigenvalue weighted by Crippen LogP contribution is -1.99. The van der Waals surface area contributed by atoms with Gasteiger partial charge in [0, 0.05) is 10.6 Å². The van der Waals surface area contributed by atoms with Crippen LogP contribution >= 0.6 is 11.3 Å². The van der Waals surface area contributed by atoms with Crippen LogP contribution in [0.25, 0.3) is 10.2 Å². The largest absolute Gasteiger partial charge is 0.340 e. The number of hydrogen-bond acceptors (Lipinski definition) is 5. The number of nitriles is 1. The third kappa shape index (κ3) is 2.13. The quantitative estimate of drug-likeness (QED) is 0.774. The zero-order valence-electron chi connectivity index (χ0n) is 12.2. The third-order valence-corrected chi connectivity index (χ3v) is 5.14. The number of thiophene rings is 1. The first-order valence-corrected chi connectivity index (χ1v) is 8.12. The maximum Gasteiger partial charge on any atom is 0.143 e. The van der Waals surface area contributed by atoms with E-state index in [1.54, 1.807) is 11.3 Å². The fourth-order valence-corrected chi connectivity index (χ4v) is 4.26. The number of nitrogens with one attached hydrogen (secondary N) is 1. The first kappa shape index (κ1) is 13.2. The molecule has 2 aromatic heterocycles. The fraction of sp³-hybridized carbons (Fsp3) is 0.235. The lowest BCUT2D eigenvalue weighted by molar-refractivity contribution is 0.917. The molecule has 0 radical (unpaired) electrons. The maximum atomic E-state index is 8.88. The van der Waals surface area contributed by atoms with Gasteiger partial charge in [-0.05, 0) is 56.0 Å². The van der Waals surface area contributed by atoms with Gasteiger partial charge in [-0.2, -0.15) is 5.26 Å². The zero-order valence-corrected chi connectivity index (χ0v) is 13.0. The predicted molar refractivity (Wildman–Crippen MR) is 88.6 cm³/mol. The van der Waals surface area contributed by atoms with Crippen LogP contribution in [0.15, 0.2) is 24.3 Å². The Bertz CT molecular complexity index is 903. The standard InChI is InChI=1S/C17H14N4S/c1-10-19-16(21-12-7-5-11(9-18)6-8-12)15-13-3-2-4-14(13)22-17(15)20-10/h5-8H,2-4H2,1H3,(H,19,20,21). The molecular weight excluding hydrogens is 292 g/mol. The zero-order chi connectivity index (χ0) is 15.1. The Hall–Kier alpha value is -2.45. The Morgan fingerprint density at radius 2 is 2.00 bits per heavy atom. The van der Waals surface area contributed by atoms with Crippen LogP contribution in [-0.2, 0) is 12.8 Å². The second-order valence-electron chi connectivity index (χ2n) is 5.47. The highest BCUT2D eigenvalue weighted by Crippen LogP contribution is 2.40. The molecule has 5 heteroatoms. The highest BCUT2D eigenvalue weighted by molar-refractivity contribution is 7.19. The monoisotopic (exact) mass is 306 g/mol. The summed E-state index contributed by atoms with van der Waals surface area (Å²) in [6.45, 7) is 1.92. The maximum absolute atomic E-state index is 8.88. The second-order valence-corrected chi connectivity index (χ2v) is 6.55. The van der Waals surface area contributed by atoms with E-state index >= 15 is 0 Å². The molecule has 0 saturated heterocycles. The van der Waals surface area contributed by atoms with Crippen LogP contribution in [0.2, 0.25) is 0 Å². The van der Waals surface area contributed by atoms with Gasteiger partial charge >= 0.3 is 0 Å². The molecule has 1 N–H and O–H groups in total. The Labute approximate surface area is 132 Å². The number of anilines is 2. The molecule has 1 aliphatic rings. The van der Waals surface area contributed by atoms with Crippen LogP contribution in [0.4, 0.5) is 11.5 Å². The molecule has 22 heavy (non-hydrogen) atoms. The Morgan fingerprint density at radius 3 is 2.77 bits per heavy atom. The third-order valence-electron chi connectivity index (χ3n) is 3.95. The molecule has 3 aromatic rings. The van der Waals surface area contributed by atoms with Crippen LogP contribution in [0, 0.1) is 18.3 Å². The van der Waals surface area contributed by atoms with Crippen molar-refractivity contribution in [3.05, 3.63) is 46.1 Å². The van der Waals surface area contributed by atoms with Gasteiger partial charge in [-0.15, -0.1) is 11.3 Å². The van der Waals surface area contributed by atoms with Crippen molar-refractivity contribution in [2.45, 2.75) is 26.2 Å². The molecule has 0 spiro atoms. The average molecular weight is 306 g/mol. The van der Waals surface area contributed by atoms with Crippen LogP contribution in [0.3, 0.4) is 0 Å². The molecule has 2 heterocycles. The van der Waals surface area contributed by atoms with Crippen LogP contribution < -0.4 is 5.32 Å². The van der Waals surface area contributed by atoms with Crippen molar-refractivity contribution >= 4 is 33.1 Å². The van der Waals surface area contributed by atoms with Gasteiger partial charge in [0.05, 0.1) is 17.0 Å². The van der Waals surface area contributed by atoms with Gasteiger partial charge in [-0.1, -0.05) is 0 Å². The molecule has 0 fully saturated rings. The summed E-state index contributed by atoms with van der Waals surface area (Å²) in [5, 5.41) is 13.5. The fourth-order valence-electron chi connectivity index (χ4n) is 2.96. The summed E-state index contributed by atoms with van der Waals surface area (Å²) in [6.07, 6.45) is 3.50. The van der Waals surface area contributed by atoms with E-state index in [1.165, 1.54) is 22.2 Å². The van der Waals surface area contributed by atoms with Crippen LogP contribution in [0.1, 0.15) is 28.2 Å². The second kappa shape index (κ2) is 5.08. The van der Waals surface area contributed by atoms with Crippen molar-refractivity contribution in [2.24, 2.45) is 0 Å². The van der Waals surface area contributed by atoms with Crippen molar-refractivity contribution < 1.29 is 0 Å². The summed E-state index contributed by atoms with van der Waals surface area (Å²) >= 11 is 1.80. The highest BCUT2D eigenvalue weighted by atomic mass is 32.1. The van der Waals surface area contributed by atoms with Crippen LogP contribution in [0.5, 0.6) is 0 Å². The molecule has 0 amide bonds. The van der Waals surface area contributed by atoms with Gasteiger partial charge in [0.25, 0.3) is 0 Å². The van der Waals surface area contributed by atoms with Gasteiger partial charge in [0.2, 0.25) is 0 Å². The molecular formula is C17H14N4S. The van der Waals surface area contributed by atoms with E-state index < -0.39 is 0 Å². The Morgan fingerprint density at radius 1 is 1.18 bits per heavy atom. The number of aryl methyl sites for hydroxylation is 3. The summed E-state index contributed by atoms with van der Waals surface area (Å²) < 4.78 is 0. The first-order chi connectivity index (χ1) is 10.7. The van der Waals surface area contributed by atoms with E-state index in [2.05, 4.69) is 21.4 Å². The molecule has 1 aromatic carbocycles. The van der Waals surface area contributed by atoms with E-state index in [-0.39, 0.29) is 0 Å². The SMILES string of the molecule is Cc1nc(Nc2ccc(C#N)cc2)c2c3c(sc2n1)CCC3. The smallest absolute Gasteiger partial charge is 0.143 e. The number of rotatable bonds is 2. The molecule has 0 unspecified atom stereocenters.